The largest absolute Gasteiger partial charge is 0.416 e. The number of pyridine rings is 1. The van der Waals surface area contributed by atoms with Crippen molar-refractivity contribution in [1.82, 2.24) is 4.98 Å². The molecule has 96 valence electrons. The van der Waals surface area contributed by atoms with Gasteiger partial charge in [-0.05, 0) is 12.1 Å². The molecule has 2 heterocycles. The van der Waals surface area contributed by atoms with E-state index in [1.165, 1.54) is 12.3 Å². The monoisotopic (exact) mass is 256 g/mol. The third-order valence-electron chi connectivity index (χ3n) is 2.73. The summed E-state index contributed by atoms with van der Waals surface area (Å²) in [6, 6.07) is 4.62. The highest BCUT2D eigenvalue weighted by atomic mass is 19.4. The van der Waals surface area contributed by atoms with Gasteiger partial charge in [0.2, 0.25) is 0 Å². The molecule has 0 saturated carbocycles. The molecule has 1 aromatic rings. The Balaban J connectivity index is 2.55. The second-order valence-corrected chi connectivity index (χ2v) is 4.02. The Bertz CT molecular complexity index is 507. The standard InChI is InChI=1S/C11H11F3N4/c12-11(13,14)7-6-18-9(15)5-10(7,16)8-3-1-2-4-17-8/h1-4,6H,5,16H2,(H2,15,18). The molecule has 7 heteroatoms. The minimum absolute atomic E-state index is 0.0520. The van der Waals surface area contributed by atoms with Crippen molar-refractivity contribution in [2.45, 2.75) is 18.1 Å². The van der Waals surface area contributed by atoms with E-state index in [2.05, 4.69) is 9.98 Å². The van der Waals surface area contributed by atoms with E-state index in [9.17, 15) is 13.2 Å². The van der Waals surface area contributed by atoms with E-state index >= 15 is 0 Å². The number of rotatable bonds is 1. The lowest BCUT2D eigenvalue weighted by Gasteiger charge is -2.34. The van der Waals surface area contributed by atoms with Gasteiger partial charge in [-0.1, -0.05) is 6.07 Å². The molecule has 1 aliphatic rings. The zero-order valence-electron chi connectivity index (χ0n) is 9.28. The van der Waals surface area contributed by atoms with Crippen molar-refractivity contribution < 1.29 is 13.2 Å². The van der Waals surface area contributed by atoms with Crippen LogP contribution in [0.1, 0.15) is 12.1 Å². The van der Waals surface area contributed by atoms with Crippen LogP contribution in [0.5, 0.6) is 0 Å². The van der Waals surface area contributed by atoms with E-state index in [-0.39, 0.29) is 18.0 Å². The highest BCUT2D eigenvalue weighted by Crippen LogP contribution is 2.41. The second kappa shape index (κ2) is 4.09. The molecule has 1 atom stereocenters. The van der Waals surface area contributed by atoms with Crippen LogP contribution in [0, 0.1) is 0 Å². The number of hydrogen-bond donors (Lipinski definition) is 2. The van der Waals surface area contributed by atoms with Crippen LogP contribution in [0.2, 0.25) is 0 Å². The molecule has 0 aromatic carbocycles. The number of hydrogen-bond acceptors (Lipinski definition) is 4. The first-order valence-corrected chi connectivity index (χ1v) is 5.14. The predicted octanol–water partition coefficient (Wildman–Crippen LogP) is 1.44. The number of halogens is 3. The smallest absolute Gasteiger partial charge is 0.387 e. The number of nitrogens with zero attached hydrogens (tertiary/aromatic N) is 2. The van der Waals surface area contributed by atoms with Crippen LogP contribution in [0.3, 0.4) is 0 Å². The maximum absolute atomic E-state index is 13.0. The van der Waals surface area contributed by atoms with Gasteiger partial charge in [0.25, 0.3) is 0 Å². The molecule has 0 spiro atoms. The van der Waals surface area contributed by atoms with Crippen molar-refractivity contribution in [3.63, 3.8) is 0 Å². The molecule has 0 aliphatic carbocycles. The van der Waals surface area contributed by atoms with Crippen molar-refractivity contribution in [1.29, 1.82) is 0 Å². The number of nitrogens with two attached hydrogens (primary N) is 2. The fourth-order valence-electron chi connectivity index (χ4n) is 1.87. The van der Waals surface area contributed by atoms with Gasteiger partial charge in [0.15, 0.2) is 0 Å². The summed E-state index contributed by atoms with van der Waals surface area (Å²) < 4.78 is 38.9. The second-order valence-electron chi connectivity index (χ2n) is 4.02. The molecular formula is C11H11F3N4. The maximum atomic E-state index is 13.0. The van der Waals surface area contributed by atoms with E-state index in [1.807, 2.05) is 0 Å². The molecule has 18 heavy (non-hydrogen) atoms. The zero-order chi connectivity index (χ0) is 13.4. The van der Waals surface area contributed by atoms with E-state index < -0.39 is 17.3 Å². The van der Waals surface area contributed by atoms with Crippen LogP contribution in [0.15, 0.2) is 41.2 Å². The Morgan fingerprint density at radius 2 is 2.00 bits per heavy atom. The molecule has 1 aromatic heterocycles. The first kappa shape index (κ1) is 12.6. The molecule has 0 fully saturated rings. The van der Waals surface area contributed by atoms with Crippen LogP contribution in [0.25, 0.3) is 0 Å². The van der Waals surface area contributed by atoms with E-state index in [4.69, 9.17) is 11.5 Å². The van der Waals surface area contributed by atoms with Crippen molar-refractivity contribution >= 4 is 5.84 Å². The van der Waals surface area contributed by atoms with Gasteiger partial charge in [-0.2, -0.15) is 13.2 Å². The Morgan fingerprint density at radius 1 is 1.28 bits per heavy atom. The zero-order valence-corrected chi connectivity index (χ0v) is 9.28. The van der Waals surface area contributed by atoms with Crippen molar-refractivity contribution in [2.24, 2.45) is 16.5 Å². The quantitative estimate of drug-likeness (QED) is 0.798. The highest BCUT2D eigenvalue weighted by molar-refractivity contribution is 5.84. The summed E-state index contributed by atoms with van der Waals surface area (Å²) in [5.41, 5.74) is 8.76. The van der Waals surface area contributed by atoms with Crippen LogP contribution in [-0.4, -0.2) is 17.0 Å². The number of amidine groups is 1. The Morgan fingerprint density at radius 3 is 2.56 bits per heavy atom. The Hall–Kier alpha value is -1.89. The van der Waals surface area contributed by atoms with E-state index in [1.54, 1.807) is 12.1 Å². The molecular weight excluding hydrogens is 245 g/mol. The summed E-state index contributed by atoms with van der Waals surface area (Å²) in [5, 5.41) is 0. The van der Waals surface area contributed by atoms with Gasteiger partial charge in [-0.15, -0.1) is 0 Å². The minimum atomic E-state index is -4.57. The van der Waals surface area contributed by atoms with Crippen molar-refractivity contribution in [3.8, 4) is 0 Å². The first-order chi connectivity index (χ1) is 8.34. The number of aromatic nitrogens is 1. The van der Waals surface area contributed by atoms with Crippen LogP contribution in [0.4, 0.5) is 13.2 Å². The SMILES string of the molecule is NC1=NC=C(C(F)(F)F)C(N)(c2ccccn2)C1. The molecule has 4 N–H and O–H groups in total. The summed E-state index contributed by atoms with van der Waals surface area (Å²) in [4.78, 5) is 7.40. The lowest BCUT2D eigenvalue weighted by molar-refractivity contribution is -0.102. The molecule has 0 amide bonds. The van der Waals surface area contributed by atoms with Crippen LogP contribution >= 0.6 is 0 Å². The average molecular weight is 256 g/mol. The lowest BCUT2D eigenvalue weighted by Crippen LogP contribution is -2.48. The molecule has 1 unspecified atom stereocenters. The summed E-state index contributed by atoms with van der Waals surface area (Å²) in [5.74, 6) is 0.0520. The minimum Gasteiger partial charge on any atom is -0.387 e. The average Bonchev–Trinajstić information content (AvgIpc) is 2.28. The number of alkyl halides is 3. The molecule has 0 bridgehead atoms. The molecule has 0 saturated heterocycles. The Labute approximate surface area is 101 Å². The predicted molar refractivity (Wildman–Crippen MR) is 60.5 cm³/mol. The van der Waals surface area contributed by atoms with Crippen LogP contribution in [-0.2, 0) is 5.54 Å². The maximum Gasteiger partial charge on any atom is 0.416 e. The third-order valence-corrected chi connectivity index (χ3v) is 2.73. The lowest BCUT2D eigenvalue weighted by atomic mass is 9.82. The fourth-order valence-corrected chi connectivity index (χ4v) is 1.87. The van der Waals surface area contributed by atoms with Crippen LogP contribution < -0.4 is 11.5 Å². The van der Waals surface area contributed by atoms with Crippen molar-refractivity contribution in [2.75, 3.05) is 0 Å². The fraction of sp³-hybridized carbons (Fsp3) is 0.273. The normalized spacial score (nSPS) is 24.4. The highest BCUT2D eigenvalue weighted by Gasteiger charge is 2.49. The van der Waals surface area contributed by atoms with Gasteiger partial charge in [0.1, 0.15) is 5.84 Å². The first-order valence-electron chi connectivity index (χ1n) is 5.14. The summed E-state index contributed by atoms with van der Waals surface area (Å²) >= 11 is 0. The van der Waals surface area contributed by atoms with Gasteiger partial charge in [0, 0.05) is 18.8 Å². The molecule has 4 nitrogen and oxygen atoms in total. The van der Waals surface area contributed by atoms with Gasteiger partial charge < -0.3 is 11.5 Å². The van der Waals surface area contributed by atoms with E-state index in [0.717, 1.165) is 0 Å². The van der Waals surface area contributed by atoms with Crippen molar-refractivity contribution in [3.05, 3.63) is 41.9 Å². The molecule has 0 radical (unpaired) electrons. The van der Waals surface area contributed by atoms with Gasteiger partial charge >= 0.3 is 6.18 Å². The number of aliphatic imine (C=N–C) groups is 1. The topological polar surface area (TPSA) is 77.3 Å². The van der Waals surface area contributed by atoms with Gasteiger partial charge in [-0.3, -0.25) is 4.98 Å². The summed E-state index contributed by atoms with van der Waals surface area (Å²) in [6.45, 7) is 0. The summed E-state index contributed by atoms with van der Waals surface area (Å²) in [6.07, 6.45) is -2.72. The van der Waals surface area contributed by atoms with Gasteiger partial charge in [0.05, 0.1) is 16.8 Å². The van der Waals surface area contributed by atoms with E-state index in [0.29, 0.717) is 6.20 Å². The third kappa shape index (κ3) is 2.08. The molecule has 1 aliphatic heterocycles. The van der Waals surface area contributed by atoms with Gasteiger partial charge in [-0.25, -0.2) is 4.99 Å². The Kier molecular flexibility index (Phi) is 2.86. The molecule has 2 rings (SSSR count). The summed E-state index contributed by atoms with van der Waals surface area (Å²) in [7, 11) is 0.